The van der Waals surface area contributed by atoms with Gasteiger partial charge in [0.05, 0.1) is 0 Å². The molecule has 0 aromatic heterocycles. The Bertz CT molecular complexity index is 473. The fraction of sp³-hybridized carbons (Fsp3) is 0.556. The molecule has 0 heterocycles. The average molecular weight is 270 g/mol. The van der Waals surface area contributed by atoms with Crippen molar-refractivity contribution in [2.45, 2.75) is 38.1 Å². The van der Waals surface area contributed by atoms with Crippen LogP contribution in [0.2, 0.25) is 0 Å². The van der Waals surface area contributed by atoms with Crippen LogP contribution in [0.4, 0.5) is 0 Å². The summed E-state index contributed by atoms with van der Waals surface area (Å²) in [6, 6.07) is 8.94. The third-order valence-corrected chi connectivity index (χ3v) is 5.43. The van der Waals surface area contributed by atoms with Gasteiger partial charge in [-0.3, -0.25) is 0 Å². The van der Waals surface area contributed by atoms with Crippen molar-refractivity contribution in [3.8, 4) is 0 Å². The molecule has 20 heavy (non-hydrogen) atoms. The summed E-state index contributed by atoms with van der Waals surface area (Å²) in [6.07, 6.45) is 4.96. The van der Waals surface area contributed by atoms with Crippen LogP contribution >= 0.6 is 0 Å². The lowest BCUT2D eigenvalue weighted by molar-refractivity contribution is 0.200. The van der Waals surface area contributed by atoms with E-state index in [0.717, 1.165) is 13.1 Å². The second-order valence-corrected chi connectivity index (χ2v) is 6.70. The maximum absolute atomic E-state index is 6.26. The molecular weight excluding hydrogens is 244 g/mol. The van der Waals surface area contributed by atoms with Crippen LogP contribution in [0.15, 0.2) is 36.4 Å². The summed E-state index contributed by atoms with van der Waals surface area (Å²) in [5.41, 5.74) is 10.6. The lowest BCUT2D eigenvalue weighted by atomic mass is 9.78. The molecule has 0 aliphatic heterocycles. The lowest BCUT2D eigenvalue weighted by Crippen LogP contribution is -2.58. The molecule has 1 fully saturated rings. The maximum Gasteiger partial charge on any atom is 0.0369 e. The van der Waals surface area contributed by atoms with Crippen LogP contribution < -0.4 is 11.1 Å². The van der Waals surface area contributed by atoms with Gasteiger partial charge in [0.2, 0.25) is 0 Å². The van der Waals surface area contributed by atoms with E-state index in [1.165, 1.54) is 42.4 Å². The van der Waals surface area contributed by atoms with E-state index in [1.54, 1.807) is 0 Å². The van der Waals surface area contributed by atoms with Gasteiger partial charge in [-0.2, -0.15) is 0 Å². The maximum atomic E-state index is 6.26. The van der Waals surface area contributed by atoms with Gasteiger partial charge in [0, 0.05) is 18.6 Å². The third kappa shape index (κ3) is 2.21. The summed E-state index contributed by atoms with van der Waals surface area (Å²) in [5, 5.41) is 3.80. The second-order valence-electron chi connectivity index (χ2n) is 6.70. The fourth-order valence-corrected chi connectivity index (χ4v) is 4.32. The Balaban J connectivity index is 1.92. The molecule has 1 saturated carbocycles. The van der Waals surface area contributed by atoms with Crippen molar-refractivity contribution in [2.24, 2.45) is 17.6 Å². The summed E-state index contributed by atoms with van der Waals surface area (Å²) in [4.78, 5) is 0. The minimum absolute atomic E-state index is 0.109. The Morgan fingerprint density at radius 1 is 1.25 bits per heavy atom. The highest BCUT2D eigenvalue weighted by Gasteiger charge is 2.50. The lowest BCUT2D eigenvalue weighted by Gasteiger charge is -2.39. The van der Waals surface area contributed by atoms with Crippen molar-refractivity contribution in [3.05, 3.63) is 47.5 Å². The Morgan fingerprint density at radius 3 is 2.25 bits per heavy atom. The van der Waals surface area contributed by atoms with Crippen LogP contribution in [0, 0.1) is 11.8 Å². The van der Waals surface area contributed by atoms with Crippen molar-refractivity contribution < 1.29 is 0 Å². The topological polar surface area (TPSA) is 38.0 Å². The predicted octanol–water partition coefficient (Wildman–Crippen LogP) is 2.67. The zero-order valence-electron chi connectivity index (χ0n) is 12.5. The summed E-state index contributed by atoms with van der Waals surface area (Å²) in [5.74, 6) is 1.33. The van der Waals surface area contributed by atoms with Gasteiger partial charge in [0.1, 0.15) is 0 Å². The van der Waals surface area contributed by atoms with Gasteiger partial charge in [-0.05, 0) is 55.6 Å². The zero-order chi connectivity index (χ0) is 14.2. The van der Waals surface area contributed by atoms with Gasteiger partial charge in [-0.15, -0.1) is 0 Å². The fourth-order valence-electron chi connectivity index (χ4n) is 4.32. The Hall–Kier alpha value is -1.12. The van der Waals surface area contributed by atoms with Crippen LogP contribution in [0.5, 0.6) is 0 Å². The van der Waals surface area contributed by atoms with E-state index in [9.17, 15) is 0 Å². The summed E-state index contributed by atoms with van der Waals surface area (Å²) in [6.45, 7) is 7.75. The molecule has 0 saturated heterocycles. The molecule has 2 atom stereocenters. The molecule has 2 unspecified atom stereocenters. The van der Waals surface area contributed by atoms with E-state index < -0.39 is 0 Å². The van der Waals surface area contributed by atoms with Crippen LogP contribution in [0.3, 0.4) is 0 Å². The van der Waals surface area contributed by atoms with E-state index in [-0.39, 0.29) is 5.54 Å². The number of rotatable bonds is 4. The molecule has 2 heteroatoms. The second kappa shape index (κ2) is 5.34. The van der Waals surface area contributed by atoms with Crippen molar-refractivity contribution in [3.63, 3.8) is 0 Å². The van der Waals surface area contributed by atoms with Gasteiger partial charge in [-0.1, -0.05) is 36.4 Å². The van der Waals surface area contributed by atoms with E-state index in [0.29, 0.717) is 11.8 Å². The van der Waals surface area contributed by atoms with E-state index in [4.69, 9.17) is 5.73 Å². The number of hydrogen-bond acceptors (Lipinski definition) is 2. The third-order valence-electron chi connectivity index (χ3n) is 5.43. The molecule has 108 valence electrons. The van der Waals surface area contributed by atoms with Gasteiger partial charge in [0.15, 0.2) is 0 Å². The Kier molecular flexibility index (Phi) is 3.70. The van der Waals surface area contributed by atoms with E-state index in [1.807, 2.05) is 0 Å². The molecule has 1 aromatic rings. The molecule has 3 N–H and O–H groups in total. The number of nitrogens with one attached hydrogen (secondary N) is 1. The quantitative estimate of drug-likeness (QED) is 0.826. The highest BCUT2D eigenvalue weighted by atomic mass is 15.0. The molecule has 1 aromatic carbocycles. The smallest absolute Gasteiger partial charge is 0.0369 e. The summed E-state index contributed by atoms with van der Waals surface area (Å²) < 4.78 is 0. The Labute approximate surface area is 122 Å². The minimum atomic E-state index is 0.109. The number of fused-ring (bicyclic) bond motifs is 3. The number of nitrogens with two attached hydrogens (primary N) is 1. The van der Waals surface area contributed by atoms with Crippen LogP contribution in [0.25, 0.3) is 0 Å². The first-order valence-corrected chi connectivity index (χ1v) is 7.82. The molecule has 2 aliphatic rings. The van der Waals surface area contributed by atoms with Crippen molar-refractivity contribution in [1.29, 1.82) is 0 Å². The highest BCUT2D eigenvalue weighted by molar-refractivity contribution is 5.32. The highest BCUT2D eigenvalue weighted by Crippen LogP contribution is 2.46. The molecule has 2 bridgehead atoms. The van der Waals surface area contributed by atoms with E-state index in [2.05, 4.69) is 43.1 Å². The van der Waals surface area contributed by atoms with Crippen molar-refractivity contribution in [1.82, 2.24) is 5.32 Å². The van der Waals surface area contributed by atoms with Gasteiger partial charge >= 0.3 is 0 Å². The van der Waals surface area contributed by atoms with Gasteiger partial charge in [0.25, 0.3) is 0 Å². The minimum Gasteiger partial charge on any atom is -0.329 e. The number of benzene rings is 1. The molecule has 2 aliphatic carbocycles. The molecule has 0 radical (unpaired) electrons. The van der Waals surface area contributed by atoms with Gasteiger partial charge < -0.3 is 11.1 Å². The molecular formula is C18H26N2. The molecule has 0 amide bonds. The SMILES string of the molecule is C=C(C)CNC1(CN)C2CCC1Cc1ccccc1C2. The first-order chi connectivity index (χ1) is 9.65. The van der Waals surface area contributed by atoms with Crippen LogP contribution in [-0.2, 0) is 12.8 Å². The monoisotopic (exact) mass is 270 g/mol. The average Bonchev–Trinajstić information content (AvgIpc) is 2.68. The summed E-state index contributed by atoms with van der Waals surface area (Å²) >= 11 is 0. The first kappa shape index (κ1) is 13.8. The molecule has 2 nitrogen and oxygen atoms in total. The predicted molar refractivity (Wildman–Crippen MR) is 84.7 cm³/mol. The van der Waals surface area contributed by atoms with Crippen molar-refractivity contribution >= 4 is 0 Å². The van der Waals surface area contributed by atoms with Gasteiger partial charge in [-0.25, -0.2) is 0 Å². The molecule has 3 rings (SSSR count). The van der Waals surface area contributed by atoms with Crippen LogP contribution in [0.1, 0.15) is 30.9 Å². The van der Waals surface area contributed by atoms with Crippen molar-refractivity contribution in [2.75, 3.05) is 13.1 Å². The first-order valence-electron chi connectivity index (χ1n) is 7.82. The largest absolute Gasteiger partial charge is 0.329 e. The van der Waals surface area contributed by atoms with Crippen LogP contribution in [-0.4, -0.2) is 18.6 Å². The zero-order valence-corrected chi connectivity index (χ0v) is 12.5. The normalized spacial score (nSPS) is 31.7. The van der Waals surface area contributed by atoms with E-state index >= 15 is 0 Å². The standard InChI is InChI=1S/C18H26N2/c1-13(2)11-20-18(12-19)16-7-8-17(18)10-15-6-4-3-5-14(15)9-16/h3-6,16-17,20H,1,7-12,19H2,2H3. The molecule has 0 spiro atoms. The summed E-state index contributed by atoms with van der Waals surface area (Å²) in [7, 11) is 0. The number of hydrogen-bond donors (Lipinski definition) is 2. The Morgan fingerprint density at radius 2 is 1.80 bits per heavy atom.